The van der Waals surface area contributed by atoms with Crippen LogP contribution < -0.4 is 10.4 Å². The Morgan fingerprint density at radius 2 is 1.82 bits per heavy atom. The number of allylic oxidation sites excluding steroid dienone is 1. The zero-order valence-electron chi connectivity index (χ0n) is 11.8. The van der Waals surface area contributed by atoms with Gasteiger partial charge in [-0.3, -0.25) is 4.79 Å². The van der Waals surface area contributed by atoms with Gasteiger partial charge in [-0.25, -0.2) is 0 Å². The number of halogens is 1. The summed E-state index contributed by atoms with van der Waals surface area (Å²) < 4.78 is 0.838. The second kappa shape index (κ2) is 7.04. The van der Waals surface area contributed by atoms with Gasteiger partial charge in [0.25, 0.3) is 0 Å². The highest BCUT2D eigenvalue weighted by Crippen LogP contribution is 2.21. The van der Waals surface area contributed by atoms with Crippen LogP contribution in [0.1, 0.15) is 15.9 Å². The lowest BCUT2D eigenvalue weighted by Crippen LogP contribution is -2.29. The number of benzene rings is 2. The van der Waals surface area contributed by atoms with E-state index < -0.39 is 11.8 Å². The average Bonchev–Trinajstić information content (AvgIpc) is 2.51. The molecule has 0 saturated carbocycles. The Balaban J connectivity index is 2.26. The van der Waals surface area contributed by atoms with E-state index in [0.29, 0.717) is 11.3 Å². The van der Waals surface area contributed by atoms with Crippen LogP contribution in [0.4, 0.5) is 5.69 Å². The number of carbonyl (C=O) groups is 2. The van der Waals surface area contributed by atoms with Gasteiger partial charge in [0.1, 0.15) is 0 Å². The molecule has 0 spiro atoms. The van der Waals surface area contributed by atoms with Crippen LogP contribution in [0.3, 0.4) is 0 Å². The van der Waals surface area contributed by atoms with Crippen molar-refractivity contribution in [1.29, 1.82) is 0 Å². The van der Waals surface area contributed by atoms with Gasteiger partial charge in [-0.15, -0.1) is 0 Å². The lowest BCUT2D eigenvalue weighted by Gasteiger charge is -2.13. The molecule has 0 aliphatic carbocycles. The molecule has 2 rings (SSSR count). The lowest BCUT2D eigenvalue weighted by molar-refractivity contribution is -0.299. The molecule has 2 aromatic rings. The molecule has 4 nitrogen and oxygen atoms in total. The van der Waals surface area contributed by atoms with Crippen LogP contribution in [0.15, 0.2) is 64.8 Å². The van der Waals surface area contributed by atoms with Gasteiger partial charge in [0, 0.05) is 21.8 Å². The van der Waals surface area contributed by atoms with Gasteiger partial charge < -0.3 is 15.2 Å². The molecule has 1 N–H and O–H groups in total. The van der Waals surface area contributed by atoms with Crippen molar-refractivity contribution in [1.82, 2.24) is 0 Å². The number of aliphatic carboxylic acids is 1. The highest BCUT2D eigenvalue weighted by molar-refractivity contribution is 9.10. The molecular formula is C17H13BrNO3-. The van der Waals surface area contributed by atoms with Crippen LogP contribution in [0.2, 0.25) is 0 Å². The standard InChI is InChI=1S/C17H14BrNO3/c1-11-7-8-13(9-14(11)18)19-15(17(21)22)10-16(20)12-5-3-2-4-6-12/h2-10,19H,1H3,(H,21,22)/p-1/b15-10+. The number of aryl methyl sites for hydroxylation is 1. The highest BCUT2D eigenvalue weighted by atomic mass is 79.9. The number of carboxylic acid groups (broad SMARTS) is 1. The van der Waals surface area contributed by atoms with Crippen LogP contribution >= 0.6 is 15.9 Å². The van der Waals surface area contributed by atoms with Gasteiger partial charge in [0.2, 0.25) is 0 Å². The van der Waals surface area contributed by atoms with Gasteiger partial charge in [-0.05, 0) is 24.6 Å². The van der Waals surface area contributed by atoms with E-state index in [4.69, 9.17) is 0 Å². The van der Waals surface area contributed by atoms with Crippen LogP contribution in [0.5, 0.6) is 0 Å². The molecule has 0 unspecified atom stereocenters. The molecule has 22 heavy (non-hydrogen) atoms. The highest BCUT2D eigenvalue weighted by Gasteiger charge is 2.07. The van der Waals surface area contributed by atoms with E-state index in [-0.39, 0.29) is 5.70 Å². The van der Waals surface area contributed by atoms with E-state index in [1.165, 1.54) is 0 Å². The van der Waals surface area contributed by atoms with Crippen molar-refractivity contribution in [3.05, 3.63) is 75.9 Å². The maximum absolute atomic E-state index is 12.1. The zero-order valence-corrected chi connectivity index (χ0v) is 13.4. The summed E-state index contributed by atoms with van der Waals surface area (Å²) in [7, 11) is 0. The first-order valence-electron chi connectivity index (χ1n) is 6.53. The number of anilines is 1. The Bertz CT molecular complexity index is 739. The van der Waals surface area contributed by atoms with Gasteiger partial charge in [0.05, 0.1) is 11.7 Å². The van der Waals surface area contributed by atoms with Crippen molar-refractivity contribution >= 4 is 33.4 Å². The summed E-state index contributed by atoms with van der Waals surface area (Å²) in [5.41, 5.74) is 1.69. The number of carboxylic acids is 1. The Kier molecular flexibility index (Phi) is 5.12. The second-order valence-corrected chi connectivity index (χ2v) is 5.52. The van der Waals surface area contributed by atoms with Crippen LogP contribution in [0, 0.1) is 6.92 Å². The monoisotopic (exact) mass is 358 g/mol. The van der Waals surface area contributed by atoms with Gasteiger partial charge in [-0.2, -0.15) is 0 Å². The minimum absolute atomic E-state index is 0.287. The number of nitrogens with one attached hydrogen (secondary N) is 1. The zero-order chi connectivity index (χ0) is 16.1. The summed E-state index contributed by atoms with van der Waals surface area (Å²) in [6, 6.07) is 13.7. The predicted molar refractivity (Wildman–Crippen MR) is 86.4 cm³/mol. The van der Waals surface area contributed by atoms with Crippen molar-refractivity contribution in [3.8, 4) is 0 Å². The molecule has 0 saturated heterocycles. The van der Waals surface area contributed by atoms with Crippen LogP contribution in [-0.4, -0.2) is 11.8 Å². The maximum atomic E-state index is 12.1. The Hall–Kier alpha value is -2.40. The summed E-state index contributed by atoms with van der Waals surface area (Å²) in [6.45, 7) is 1.92. The number of ketones is 1. The summed E-state index contributed by atoms with van der Waals surface area (Å²) >= 11 is 3.37. The molecule has 0 bridgehead atoms. The number of hydrogen-bond donors (Lipinski definition) is 1. The normalized spacial score (nSPS) is 11.1. The van der Waals surface area contributed by atoms with E-state index in [0.717, 1.165) is 16.1 Å². The predicted octanol–water partition coefficient (Wildman–Crippen LogP) is 2.69. The molecule has 5 heteroatoms. The molecule has 2 aromatic carbocycles. The molecule has 0 atom stereocenters. The number of rotatable bonds is 5. The van der Waals surface area contributed by atoms with Crippen molar-refractivity contribution in [2.24, 2.45) is 0 Å². The van der Waals surface area contributed by atoms with E-state index in [1.54, 1.807) is 42.5 Å². The third kappa shape index (κ3) is 4.05. The third-order valence-electron chi connectivity index (χ3n) is 3.00. The van der Waals surface area contributed by atoms with Crippen molar-refractivity contribution in [3.63, 3.8) is 0 Å². The van der Waals surface area contributed by atoms with Gasteiger partial charge in [0.15, 0.2) is 5.78 Å². The first-order chi connectivity index (χ1) is 10.5. The molecule has 112 valence electrons. The van der Waals surface area contributed by atoms with Crippen molar-refractivity contribution in [2.75, 3.05) is 5.32 Å². The second-order valence-electron chi connectivity index (χ2n) is 4.66. The van der Waals surface area contributed by atoms with Gasteiger partial charge in [-0.1, -0.05) is 52.3 Å². The van der Waals surface area contributed by atoms with Crippen molar-refractivity contribution in [2.45, 2.75) is 6.92 Å². The Morgan fingerprint density at radius 3 is 2.41 bits per heavy atom. The number of carbonyl (C=O) groups excluding carboxylic acids is 2. The van der Waals surface area contributed by atoms with E-state index in [2.05, 4.69) is 21.2 Å². The first kappa shape index (κ1) is 16.0. The fourth-order valence-corrected chi connectivity index (χ4v) is 2.17. The van der Waals surface area contributed by atoms with Crippen LogP contribution in [-0.2, 0) is 4.79 Å². The Morgan fingerprint density at radius 1 is 1.14 bits per heavy atom. The fraction of sp³-hybridized carbons (Fsp3) is 0.0588. The molecule has 0 aliphatic heterocycles. The minimum Gasteiger partial charge on any atom is -0.543 e. The molecule has 0 aliphatic rings. The molecule has 0 fully saturated rings. The fourth-order valence-electron chi connectivity index (χ4n) is 1.79. The first-order valence-corrected chi connectivity index (χ1v) is 7.32. The SMILES string of the molecule is Cc1ccc(N/C(=C/C(=O)c2ccccc2)C(=O)[O-])cc1Br. The molecule has 0 aromatic heterocycles. The molecule has 0 radical (unpaired) electrons. The summed E-state index contributed by atoms with van der Waals surface area (Å²) in [5, 5.41) is 13.9. The van der Waals surface area contributed by atoms with Gasteiger partial charge >= 0.3 is 0 Å². The van der Waals surface area contributed by atoms with E-state index in [9.17, 15) is 14.7 Å². The molecule has 0 amide bonds. The quantitative estimate of drug-likeness (QED) is 0.658. The van der Waals surface area contributed by atoms with Crippen LogP contribution in [0.25, 0.3) is 0 Å². The molecular weight excluding hydrogens is 346 g/mol. The summed E-state index contributed by atoms with van der Waals surface area (Å²) in [6.07, 6.45) is 1.03. The van der Waals surface area contributed by atoms with E-state index >= 15 is 0 Å². The third-order valence-corrected chi connectivity index (χ3v) is 3.86. The Labute approximate surface area is 136 Å². The molecule has 0 heterocycles. The van der Waals surface area contributed by atoms with Crippen molar-refractivity contribution < 1.29 is 14.7 Å². The minimum atomic E-state index is -1.44. The smallest absolute Gasteiger partial charge is 0.187 e. The summed E-state index contributed by atoms with van der Waals surface area (Å²) in [4.78, 5) is 23.3. The average molecular weight is 359 g/mol. The lowest BCUT2D eigenvalue weighted by atomic mass is 10.1. The van der Waals surface area contributed by atoms with E-state index in [1.807, 2.05) is 13.0 Å². The topological polar surface area (TPSA) is 69.2 Å². The summed E-state index contributed by atoms with van der Waals surface area (Å²) in [5.74, 6) is -1.85. The number of hydrogen-bond acceptors (Lipinski definition) is 4. The maximum Gasteiger partial charge on any atom is 0.187 e. The largest absolute Gasteiger partial charge is 0.543 e.